The van der Waals surface area contributed by atoms with Crippen LogP contribution in [0.1, 0.15) is 37.4 Å². The van der Waals surface area contributed by atoms with E-state index in [4.69, 9.17) is 0 Å². The van der Waals surface area contributed by atoms with Crippen molar-refractivity contribution >= 4 is 45.6 Å². The molecule has 0 fully saturated rings. The molecule has 0 aliphatic carbocycles. The smallest absolute Gasteiger partial charge is 0.416 e. The fourth-order valence-electron chi connectivity index (χ4n) is 4.32. The summed E-state index contributed by atoms with van der Waals surface area (Å²) in [7, 11) is 0. The zero-order chi connectivity index (χ0) is 31.4. The van der Waals surface area contributed by atoms with E-state index in [1.807, 2.05) is 19.1 Å². The molecular formula is C33H23F3N4O4. The molecule has 0 aliphatic rings. The maximum Gasteiger partial charge on any atom is 0.416 e. The molecule has 44 heavy (non-hydrogen) atoms. The highest BCUT2D eigenvalue weighted by Gasteiger charge is 2.30. The van der Waals surface area contributed by atoms with Crippen molar-refractivity contribution in [3.05, 3.63) is 131 Å². The van der Waals surface area contributed by atoms with Gasteiger partial charge in [-0.3, -0.25) is 14.9 Å². The van der Waals surface area contributed by atoms with Gasteiger partial charge >= 0.3 is 12.2 Å². The maximum atomic E-state index is 12.9. The number of aromatic hydroxyl groups is 1. The van der Waals surface area contributed by atoms with Crippen LogP contribution in [-0.4, -0.2) is 22.8 Å². The number of amides is 3. The average molecular weight is 597 g/mol. The molecule has 0 aliphatic heterocycles. The van der Waals surface area contributed by atoms with Crippen molar-refractivity contribution in [3.63, 3.8) is 0 Å². The highest BCUT2D eigenvalue weighted by molar-refractivity contribution is 6.10. The van der Waals surface area contributed by atoms with Crippen molar-refractivity contribution < 1.29 is 32.7 Å². The molecule has 0 saturated carbocycles. The summed E-state index contributed by atoms with van der Waals surface area (Å²) < 4.78 is 38.8. The molecule has 3 N–H and O–H groups in total. The first-order valence-corrected chi connectivity index (χ1v) is 13.2. The minimum absolute atomic E-state index is 0.0825. The second-order valence-electron chi connectivity index (χ2n) is 9.80. The quantitative estimate of drug-likeness (QED) is 0.134. The minimum atomic E-state index is -4.59. The zero-order valence-electron chi connectivity index (χ0n) is 23.0. The van der Waals surface area contributed by atoms with Crippen molar-refractivity contribution in [2.45, 2.75) is 13.1 Å². The van der Waals surface area contributed by atoms with Crippen LogP contribution in [0.25, 0.3) is 10.8 Å². The van der Waals surface area contributed by atoms with Crippen LogP contribution in [0.3, 0.4) is 0 Å². The van der Waals surface area contributed by atoms with Gasteiger partial charge in [-0.15, -0.1) is 5.11 Å². The van der Waals surface area contributed by atoms with Crippen LogP contribution in [0.5, 0.6) is 5.75 Å². The summed E-state index contributed by atoms with van der Waals surface area (Å²) in [6.07, 6.45) is -4.59. The molecule has 5 aromatic rings. The number of benzene rings is 5. The van der Waals surface area contributed by atoms with Crippen LogP contribution in [0.2, 0.25) is 0 Å². The first-order valence-electron chi connectivity index (χ1n) is 13.2. The number of urea groups is 1. The highest BCUT2D eigenvalue weighted by Crippen LogP contribution is 2.36. The van der Waals surface area contributed by atoms with E-state index in [0.717, 1.165) is 23.8 Å². The molecule has 0 saturated heterocycles. The number of nitrogens with zero attached hydrogens (tertiary/aromatic N) is 2. The topological polar surface area (TPSA) is 120 Å². The van der Waals surface area contributed by atoms with Crippen LogP contribution in [0.4, 0.5) is 35.0 Å². The number of halogens is 3. The summed E-state index contributed by atoms with van der Waals surface area (Å²) in [5.41, 5.74) is 1.66. The SMILES string of the molecule is Cc1ccc(C(=O)c2ccc(N=Nc3c(O)ccc4cc(C(=O)NC(=O)Nc5cccc(C(F)(F)F)c5)ccc34)cc2)cc1. The Kier molecular flexibility index (Phi) is 8.21. The number of fused-ring (bicyclic) bond motifs is 1. The summed E-state index contributed by atoms with van der Waals surface area (Å²) in [5, 5.41) is 24.1. The number of alkyl halides is 3. The lowest BCUT2D eigenvalue weighted by molar-refractivity contribution is -0.137. The number of phenols is 1. The van der Waals surface area contributed by atoms with E-state index < -0.39 is 23.7 Å². The lowest BCUT2D eigenvalue weighted by atomic mass is 10.0. The first kappa shape index (κ1) is 29.6. The number of hydrogen-bond acceptors (Lipinski definition) is 6. The molecule has 220 valence electrons. The fourth-order valence-corrected chi connectivity index (χ4v) is 4.32. The molecule has 0 radical (unpaired) electrons. The van der Waals surface area contributed by atoms with E-state index in [2.05, 4.69) is 20.9 Å². The van der Waals surface area contributed by atoms with Gasteiger partial charge in [0.1, 0.15) is 11.4 Å². The second-order valence-corrected chi connectivity index (χ2v) is 9.80. The number of rotatable bonds is 6. The van der Waals surface area contributed by atoms with Crippen LogP contribution >= 0.6 is 0 Å². The van der Waals surface area contributed by atoms with Crippen molar-refractivity contribution in [3.8, 4) is 5.75 Å². The largest absolute Gasteiger partial charge is 0.506 e. The summed E-state index contributed by atoms with van der Waals surface area (Å²) >= 11 is 0. The Labute approximate surface area is 248 Å². The Morgan fingerprint density at radius 2 is 1.41 bits per heavy atom. The van der Waals surface area contributed by atoms with E-state index in [0.29, 0.717) is 27.6 Å². The molecule has 5 rings (SSSR count). The molecule has 5 aromatic carbocycles. The van der Waals surface area contributed by atoms with E-state index in [-0.39, 0.29) is 28.5 Å². The fraction of sp³-hybridized carbons (Fsp3) is 0.0606. The Hall–Kier alpha value is -5.84. The molecule has 0 bridgehead atoms. The van der Waals surface area contributed by atoms with Gasteiger partial charge in [0.15, 0.2) is 5.78 Å². The molecule has 0 heterocycles. The second kappa shape index (κ2) is 12.2. The molecule has 3 amide bonds. The summed E-state index contributed by atoms with van der Waals surface area (Å²) in [5.74, 6) is -1.09. The molecule has 0 aromatic heterocycles. The van der Waals surface area contributed by atoms with Gasteiger partial charge in [-0.1, -0.05) is 48.0 Å². The van der Waals surface area contributed by atoms with Crippen molar-refractivity contribution in [1.82, 2.24) is 5.32 Å². The number of ketones is 1. The third-order valence-corrected chi connectivity index (χ3v) is 6.62. The Bertz CT molecular complexity index is 1920. The van der Waals surface area contributed by atoms with Crippen LogP contribution < -0.4 is 10.6 Å². The zero-order valence-corrected chi connectivity index (χ0v) is 23.0. The first-order chi connectivity index (χ1) is 21.0. The third kappa shape index (κ3) is 6.79. The molecule has 11 heteroatoms. The van der Waals surface area contributed by atoms with Crippen molar-refractivity contribution in [1.29, 1.82) is 0 Å². The number of azo groups is 1. The van der Waals surface area contributed by atoms with Gasteiger partial charge in [0, 0.05) is 27.8 Å². The number of aryl methyl sites for hydroxylation is 1. The molecular weight excluding hydrogens is 573 g/mol. The lowest BCUT2D eigenvalue weighted by Gasteiger charge is -2.11. The van der Waals surface area contributed by atoms with E-state index in [9.17, 15) is 32.7 Å². The van der Waals surface area contributed by atoms with Crippen LogP contribution in [0, 0.1) is 6.92 Å². The predicted molar refractivity (Wildman–Crippen MR) is 159 cm³/mol. The average Bonchev–Trinajstić information content (AvgIpc) is 3.00. The number of hydrogen-bond donors (Lipinski definition) is 3. The van der Waals surface area contributed by atoms with Gasteiger partial charge in [0.05, 0.1) is 11.3 Å². The number of carbonyl (C=O) groups is 3. The number of phenolic OH excluding ortho intramolecular Hbond substituents is 1. The van der Waals surface area contributed by atoms with Gasteiger partial charge in [0.25, 0.3) is 5.91 Å². The predicted octanol–water partition coefficient (Wildman–Crippen LogP) is 8.48. The lowest BCUT2D eigenvalue weighted by Crippen LogP contribution is -2.34. The summed E-state index contributed by atoms with van der Waals surface area (Å²) in [4.78, 5) is 37.7. The van der Waals surface area contributed by atoms with Crippen molar-refractivity contribution in [2.75, 3.05) is 5.32 Å². The number of carbonyl (C=O) groups excluding carboxylic acids is 3. The van der Waals surface area contributed by atoms with Gasteiger partial charge in [-0.05, 0) is 73.0 Å². The normalized spacial score (nSPS) is 11.5. The van der Waals surface area contributed by atoms with Gasteiger partial charge < -0.3 is 10.4 Å². The Balaban J connectivity index is 1.29. The van der Waals surface area contributed by atoms with Crippen molar-refractivity contribution in [2.24, 2.45) is 10.2 Å². The van der Waals surface area contributed by atoms with E-state index >= 15 is 0 Å². The minimum Gasteiger partial charge on any atom is -0.506 e. The Morgan fingerprint density at radius 1 is 0.750 bits per heavy atom. The maximum absolute atomic E-state index is 12.9. The van der Waals surface area contributed by atoms with Gasteiger partial charge in [-0.2, -0.15) is 18.3 Å². The standard InChI is InChI=1S/C33H23F3N4O4/c1-19-5-7-20(8-6-19)30(42)21-9-13-25(14-10-21)39-40-29-27-15-11-23(17-22(27)12-16-28(29)41)31(43)38-32(44)37-26-4-2-3-24(18-26)33(34,35)36/h2-18,41H,1H3,(H2,37,38,43,44). The molecule has 0 atom stereocenters. The molecule has 0 unspecified atom stereocenters. The summed E-state index contributed by atoms with van der Waals surface area (Å²) in [6, 6.07) is 24.1. The molecule has 0 spiro atoms. The number of nitrogens with one attached hydrogen (secondary N) is 2. The van der Waals surface area contributed by atoms with Gasteiger partial charge in [-0.25, -0.2) is 4.79 Å². The number of anilines is 1. The third-order valence-electron chi connectivity index (χ3n) is 6.62. The molecule has 8 nitrogen and oxygen atoms in total. The van der Waals surface area contributed by atoms with Gasteiger partial charge in [0.2, 0.25) is 0 Å². The van der Waals surface area contributed by atoms with E-state index in [1.165, 1.54) is 30.3 Å². The highest BCUT2D eigenvalue weighted by atomic mass is 19.4. The van der Waals surface area contributed by atoms with Crippen LogP contribution in [-0.2, 0) is 6.18 Å². The number of imide groups is 1. The Morgan fingerprint density at radius 3 is 2.09 bits per heavy atom. The van der Waals surface area contributed by atoms with E-state index in [1.54, 1.807) is 42.5 Å². The summed E-state index contributed by atoms with van der Waals surface area (Å²) in [6.45, 7) is 1.94. The monoisotopic (exact) mass is 596 g/mol. The van der Waals surface area contributed by atoms with Crippen LogP contribution in [0.15, 0.2) is 113 Å².